The molecule has 0 radical (unpaired) electrons. The topological polar surface area (TPSA) is 364 Å². The van der Waals surface area contributed by atoms with E-state index < -0.39 is 71.8 Å². The average molecular weight is 860 g/mol. The first-order valence-electron chi connectivity index (χ1n) is 20.6. The number of nitrogens with one attached hydrogen (secondary N) is 7. The van der Waals surface area contributed by atoms with Gasteiger partial charge in [0.1, 0.15) is 30.2 Å². The van der Waals surface area contributed by atoms with E-state index in [4.69, 9.17) is 22.9 Å². The number of likely N-dealkylation sites (tertiary alicyclic amines) is 1. The second-order valence-corrected chi connectivity index (χ2v) is 15.2. The normalized spacial score (nSPS) is 16.1. The summed E-state index contributed by atoms with van der Waals surface area (Å²) in [5, 5.41) is 21.6. The number of unbranched alkanes of at least 4 members (excludes halogenated alkanes) is 1. The molecule has 0 spiro atoms. The Morgan fingerprint density at radius 1 is 0.806 bits per heavy atom. The summed E-state index contributed by atoms with van der Waals surface area (Å²) in [6.45, 7) is 0.801. The van der Waals surface area contributed by atoms with Gasteiger partial charge in [0.15, 0.2) is 5.96 Å². The largest absolute Gasteiger partial charge is 0.480 e. The summed E-state index contributed by atoms with van der Waals surface area (Å²) >= 11 is 0. The Morgan fingerprint density at radius 2 is 1.45 bits per heavy atom. The van der Waals surface area contributed by atoms with Gasteiger partial charge in [0.25, 0.3) is 0 Å². The number of carboxylic acids is 1. The minimum atomic E-state index is -1.33. The summed E-state index contributed by atoms with van der Waals surface area (Å²) in [5.74, 6) is -4.66. The van der Waals surface area contributed by atoms with Crippen LogP contribution < -0.4 is 44.2 Å². The van der Waals surface area contributed by atoms with Crippen molar-refractivity contribution in [3.8, 4) is 0 Å². The molecule has 5 amide bonds. The monoisotopic (exact) mass is 859 g/mol. The van der Waals surface area contributed by atoms with Gasteiger partial charge in [-0.2, -0.15) is 0 Å². The van der Waals surface area contributed by atoms with E-state index in [1.54, 1.807) is 6.20 Å². The fourth-order valence-electron chi connectivity index (χ4n) is 7.37. The molecular formula is C40H57N15O7. The zero-order chi connectivity index (χ0) is 44.6. The van der Waals surface area contributed by atoms with Crippen LogP contribution in [0.2, 0.25) is 0 Å². The van der Waals surface area contributed by atoms with Crippen molar-refractivity contribution in [3.63, 3.8) is 0 Å². The predicted molar refractivity (Wildman–Crippen MR) is 227 cm³/mol. The molecule has 0 saturated carbocycles. The number of nitrogens with zero attached hydrogens (tertiary/aromatic N) is 4. The lowest BCUT2D eigenvalue weighted by molar-refractivity contribution is -0.143. The minimum absolute atomic E-state index is 0.00833. The Balaban J connectivity index is 1.34. The average Bonchev–Trinajstić information content (AvgIpc) is 4.10. The van der Waals surface area contributed by atoms with E-state index in [2.05, 4.69) is 51.2 Å². The number of hydrogen-bond donors (Lipinski definition) is 12. The molecule has 0 bridgehead atoms. The highest BCUT2D eigenvalue weighted by Gasteiger charge is 2.40. The molecule has 1 fully saturated rings. The van der Waals surface area contributed by atoms with Gasteiger partial charge in [-0.3, -0.25) is 29.0 Å². The number of imidazole rings is 2. The van der Waals surface area contributed by atoms with E-state index in [0.29, 0.717) is 43.6 Å². The molecule has 4 heterocycles. The van der Waals surface area contributed by atoms with Gasteiger partial charge < -0.3 is 69.2 Å². The fourth-order valence-corrected chi connectivity index (χ4v) is 7.37. The molecule has 1 aliphatic rings. The molecule has 3 aromatic heterocycles. The second-order valence-electron chi connectivity index (χ2n) is 15.2. The number of aromatic nitrogens is 5. The van der Waals surface area contributed by atoms with E-state index in [1.165, 1.54) is 29.9 Å². The van der Waals surface area contributed by atoms with Crippen molar-refractivity contribution in [2.24, 2.45) is 27.9 Å². The van der Waals surface area contributed by atoms with Gasteiger partial charge in [-0.1, -0.05) is 24.6 Å². The van der Waals surface area contributed by atoms with E-state index in [-0.39, 0.29) is 57.6 Å². The number of para-hydroxylation sites is 1. The quantitative estimate of drug-likeness (QED) is 0.0210. The lowest BCUT2D eigenvalue weighted by atomic mass is 10.0. The molecule has 1 aliphatic heterocycles. The summed E-state index contributed by atoms with van der Waals surface area (Å²) in [6.07, 6.45) is 10.1. The van der Waals surface area contributed by atoms with Crippen molar-refractivity contribution < 1.29 is 33.9 Å². The van der Waals surface area contributed by atoms with Crippen molar-refractivity contribution in [2.75, 3.05) is 19.6 Å². The zero-order valence-electron chi connectivity index (χ0n) is 34.3. The van der Waals surface area contributed by atoms with Crippen LogP contribution in [0.1, 0.15) is 61.9 Å². The third-order valence-corrected chi connectivity index (χ3v) is 10.6. The van der Waals surface area contributed by atoms with Gasteiger partial charge in [0.2, 0.25) is 29.5 Å². The number of carboxylic acid groups (broad SMARTS) is 1. The molecule has 22 heteroatoms. The summed E-state index contributed by atoms with van der Waals surface area (Å²) in [4.78, 5) is 104. The molecule has 62 heavy (non-hydrogen) atoms. The van der Waals surface area contributed by atoms with Crippen LogP contribution in [0.3, 0.4) is 0 Å². The summed E-state index contributed by atoms with van der Waals surface area (Å²) in [5.41, 5.74) is 25.2. The van der Waals surface area contributed by atoms with Crippen molar-refractivity contribution in [1.29, 1.82) is 0 Å². The van der Waals surface area contributed by atoms with Gasteiger partial charge >= 0.3 is 5.97 Å². The third kappa shape index (κ3) is 13.1. The number of aliphatic imine (C=N–C) groups is 1. The Morgan fingerprint density at radius 3 is 2.08 bits per heavy atom. The van der Waals surface area contributed by atoms with Gasteiger partial charge in [-0.15, -0.1) is 0 Å². The highest BCUT2D eigenvalue weighted by atomic mass is 16.4. The number of fused-ring (bicyclic) bond motifs is 1. The molecule has 5 rings (SSSR count). The van der Waals surface area contributed by atoms with Gasteiger partial charge in [0.05, 0.1) is 18.7 Å². The second kappa shape index (κ2) is 22.7. The van der Waals surface area contributed by atoms with Crippen LogP contribution in [-0.2, 0) is 48.0 Å². The molecular weight excluding hydrogens is 803 g/mol. The van der Waals surface area contributed by atoms with Crippen LogP contribution in [0.15, 0.2) is 60.5 Å². The van der Waals surface area contributed by atoms with E-state index in [9.17, 15) is 33.9 Å². The number of aliphatic carboxylic acids is 1. The number of benzene rings is 1. The lowest BCUT2D eigenvalue weighted by Crippen LogP contribution is -2.59. The zero-order valence-corrected chi connectivity index (χ0v) is 34.3. The maximum atomic E-state index is 14.5. The van der Waals surface area contributed by atoms with Crippen LogP contribution in [0.4, 0.5) is 0 Å². The van der Waals surface area contributed by atoms with Crippen LogP contribution >= 0.6 is 0 Å². The van der Waals surface area contributed by atoms with Crippen LogP contribution in [0.5, 0.6) is 0 Å². The van der Waals surface area contributed by atoms with Crippen LogP contribution in [-0.4, -0.2) is 132 Å². The molecule has 1 aromatic carbocycles. The highest BCUT2D eigenvalue weighted by molar-refractivity contribution is 5.97. The van der Waals surface area contributed by atoms with Gasteiger partial charge in [-0.05, 0) is 56.7 Å². The Kier molecular flexibility index (Phi) is 16.9. The Hall–Kier alpha value is -6.81. The van der Waals surface area contributed by atoms with Crippen molar-refractivity contribution in [3.05, 3.63) is 72.5 Å². The molecule has 16 N–H and O–H groups in total. The lowest BCUT2D eigenvalue weighted by Gasteiger charge is -2.30. The minimum Gasteiger partial charge on any atom is -0.480 e. The standard InChI is InChI=1S/C40H57N15O7/c41-12-4-3-8-27(42)34(56)54-32(15-23-18-48-28-9-2-1-7-26(23)28)38(60)55-14-6-11-33(55)37(59)53-31(17-25-20-46-22-50-25)36(58)52-30(16-24-19-45-21-49-24)35(57)51-29(39(61)62)10-5-13-47-40(43)44/h1-2,7,9,18-22,27,29-33,48H,3-6,8,10-17,41-42H2,(H,45,49)(H,46,50)(H,51,57)(H,52,58)(H,53,59)(H,54,56)(H,61,62)(H4,43,44,47)/t27-,29-,30-,31-,32-,33-/m0/s1. The van der Waals surface area contributed by atoms with Gasteiger partial charge in [-0.25, -0.2) is 14.8 Å². The number of carbonyl (C=O) groups excluding carboxylic acids is 5. The number of H-pyrrole nitrogens is 3. The van der Waals surface area contributed by atoms with E-state index in [0.717, 1.165) is 16.5 Å². The number of amides is 5. The highest BCUT2D eigenvalue weighted by Crippen LogP contribution is 2.23. The molecule has 334 valence electrons. The number of hydrogen-bond acceptors (Lipinski definition) is 11. The first-order valence-corrected chi connectivity index (χ1v) is 20.6. The third-order valence-electron chi connectivity index (χ3n) is 10.6. The molecule has 6 atom stereocenters. The van der Waals surface area contributed by atoms with Crippen molar-refractivity contribution in [2.45, 2.75) is 100 Å². The number of rotatable bonds is 24. The molecule has 1 saturated heterocycles. The number of aromatic amines is 3. The van der Waals surface area contributed by atoms with Crippen LogP contribution in [0.25, 0.3) is 10.9 Å². The summed E-state index contributed by atoms with van der Waals surface area (Å²) in [6, 6.07) is 0.639. The molecule has 0 aliphatic carbocycles. The number of nitrogens with two attached hydrogens (primary N) is 4. The SMILES string of the molecule is NCCCC[C@H](N)C(=O)N[C@@H](Cc1c[nH]c2ccccc12)C(=O)N1CCC[C@H]1C(=O)N[C@@H](Cc1cnc[nH]1)C(=O)N[C@@H](Cc1cnc[nH]1)C(=O)N[C@@H](CCCN=C(N)N)C(=O)O. The van der Waals surface area contributed by atoms with Crippen LogP contribution in [0, 0.1) is 0 Å². The first-order chi connectivity index (χ1) is 29.8. The predicted octanol–water partition coefficient (Wildman–Crippen LogP) is -1.83. The molecule has 4 aromatic rings. The molecule has 0 unspecified atom stereocenters. The van der Waals surface area contributed by atoms with Gasteiger partial charge in [0, 0.05) is 73.2 Å². The van der Waals surface area contributed by atoms with Crippen molar-refractivity contribution in [1.82, 2.24) is 51.1 Å². The summed E-state index contributed by atoms with van der Waals surface area (Å²) in [7, 11) is 0. The van der Waals surface area contributed by atoms with Crippen molar-refractivity contribution >= 4 is 52.4 Å². The molecule has 22 nitrogen and oxygen atoms in total. The first kappa shape index (κ1) is 46.3. The Bertz CT molecular complexity index is 2130. The maximum Gasteiger partial charge on any atom is 0.326 e. The van der Waals surface area contributed by atoms with E-state index >= 15 is 0 Å². The Labute approximate surface area is 357 Å². The maximum absolute atomic E-state index is 14.5. The number of guanidine groups is 1. The summed E-state index contributed by atoms with van der Waals surface area (Å²) < 4.78 is 0. The van der Waals surface area contributed by atoms with E-state index in [1.807, 2.05) is 24.3 Å². The fraction of sp³-hybridized carbons (Fsp3) is 0.475. The smallest absolute Gasteiger partial charge is 0.326 e. The number of carbonyl (C=O) groups is 6.